The van der Waals surface area contributed by atoms with E-state index >= 15 is 0 Å². The molecule has 0 aromatic rings. The first-order valence-electron chi connectivity index (χ1n) is 3.77. The van der Waals surface area contributed by atoms with Gasteiger partial charge in [0.15, 0.2) is 5.76 Å². The third-order valence-corrected chi connectivity index (χ3v) is 1.52. The Hall–Kier alpha value is -0.770. The number of aliphatic hydroxyl groups is 2. The van der Waals surface area contributed by atoms with E-state index in [-0.39, 0.29) is 5.76 Å². The number of rotatable bonds is 4. The van der Waals surface area contributed by atoms with Crippen LogP contribution < -0.4 is 0 Å². The molecule has 12 heavy (non-hydrogen) atoms. The largest absolute Gasteiger partial charge is 0.512 e. The van der Waals surface area contributed by atoms with Gasteiger partial charge in [0.2, 0.25) is 0 Å². The molecular weight excluding hydrogens is 174 g/mol. The van der Waals surface area contributed by atoms with Crippen LogP contribution >= 0.6 is 12.2 Å². The van der Waals surface area contributed by atoms with Crippen molar-refractivity contribution in [3.63, 3.8) is 0 Å². The molecule has 0 aromatic heterocycles. The summed E-state index contributed by atoms with van der Waals surface area (Å²) in [7, 11) is 0. The minimum absolute atomic E-state index is 0.187. The van der Waals surface area contributed by atoms with Gasteiger partial charge < -0.3 is 15.1 Å². The van der Waals surface area contributed by atoms with Gasteiger partial charge in [-0.05, 0) is 13.3 Å². The molecule has 0 aliphatic rings. The molecule has 69 valence electrons. The van der Waals surface area contributed by atoms with Crippen LogP contribution in [0, 0.1) is 6.54 Å². The van der Waals surface area contributed by atoms with Crippen LogP contribution in [-0.4, -0.2) is 26.6 Å². The Bertz CT molecular complexity index is 180. The van der Waals surface area contributed by atoms with Crippen molar-refractivity contribution in [2.75, 3.05) is 6.54 Å². The molecule has 0 aromatic carbocycles. The van der Waals surface area contributed by atoms with E-state index in [0.29, 0.717) is 11.3 Å². The third kappa shape index (κ3) is 4.18. The summed E-state index contributed by atoms with van der Waals surface area (Å²) in [5.41, 5.74) is 0. The van der Waals surface area contributed by atoms with Gasteiger partial charge in [-0.2, -0.15) is 0 Å². The molecule has 3 nitrogen and oxygen atoms in total. The van der Waals surface area contributed by atoms with Gasteiger partial charge in [0.1, 0.15) is 12.8 Å². The van der Waals surface area contributed by atoms with Gasteiger partial charge in [0, 0.05) is 6.54 Å². The standard InChI is InChI=1S/C8H14NO2S/c1-3-4-9(7(2)12)5-8(11)6-10/h5-6,10-11H,3-4H2,1-2H3. The minimum atomic E-state index is -0.187. The van der Waals surface area contributed by atoms with Crippen molar-refractivity contribution in [1.29, 1.82) is 0 Å². The number of thiocarbonyl (C=S) groups is 1. The highest BCUT2D eigenvalue weighted by Gasteiger charge is 2.06. The van der Waals surface area contributed by atoms with Crippen LogP contribution in [0.4, 0.5) is 0 Å². The van der Waals surface area contributed by atoms with Crippen LogP contribution in [0.25, 0.3) is 0 Å². The predicted octanol–water partition coefficient (Wildman–Crippen LogP) is 2.16. The zero-order chi connectivity index (χ0) is 9.56. The smallest absolute Gasteiger partial charge is 0.151 e. The van der Waals surface area contributed by atoms with Gasteiger partial charge in [-0.15, -0.1) is 0 Å². The number of hydrogen-bond acceptors (Lipinski definition) is 3. The summed E-state index contributed by atoms with van der Waals surface area (Å²) < 4.78 is 0. The number of aliphatic hydroxyl groups excluding tert-OH is 2. The maximum absolute atomic E-state index is 8.96. The highest BCUT2D eigenvalue weighted by molar-refractivity contribution is 7.80. The minimum Gasteiger partial charge on any atom is -0.512 e. The molecule has 0 aliphatic heterocycles. The summed E-state index contributed by atoms with van der Waals surface area (Å²) >= 11 is 4.92. The fraction of sp³-hybridized carbons (Fsp3) is 0.500. The van der Waals surface area contributed by atoms with Crippen LogP contribution in [0.15, 0.2) is 12.0 Å². The molecule has 1 radical (unpaired) electrons. The molecule has 0 heterocycles. The lowest BCUT2D eigenvalue weighted by Crippen LogP contribution is -2.26. The van der Waals surface area contributed by atoms with Crippen molar-refractivity contribution in [2.24, 2.45) is 0 Å². The average Bonchev–Trinajstić information content (AvgIpc) is 2.03. The Morgan fingerprint density at radius 1 is 1.58 bits per heavy atom. The SMILES string of the molecule is CCCN([CH]C(O)=CO)C(C)=S. The van der Waals surface area contributed by atoms with Crippen LogP contribution in [0.2, 0.25) is 0 Å². The maximum Gasteiger partial charge on any atom is 0.151 e. The van der Waals surface area contributed by atoms with Gasteiger partial charge in [0.05, 0.1) is 4.99 Å². The molecule has 0 saturated heterocycles. The van der Waals surface area contributed by atoms with Crippen molar-refractivity contribution < 1.29 is 10.2 Å². The lowest BCUT2D eigenvalue weighted by Gasteiger charge is -2.20. The average molecular weight is 188 g/mol. The summed E-state index contributed by atoms with van der Waals surface area (Å²) in [5.74, 6) is -0.187. The van der Waals surface area contributed by atoms with Crippen molar-refractivity contribution in [3.8, 4) is 0 Å². The van der Waals surface area contributed by atoms with Gasteiger partial charge in [-0.3, -0.25) is 0 Å². The van der Waals surface area contributed by atoms with E-state index in [1.807, 2.05) is 6.92 Å². The third-order valence-electron chi connectivity index (χ3n) is 1.29. The first-order valence-corrected chi connectivity index (χ1v) is 4.18. The van der Waals surface area contributed by atoms with Crippen molar-refractivity contribution >= 4 is 17.2 Å². The number of nitrogens with zero attached hydrogens (tertiary/aromatic N) is 1. The monoisotopic (exact) mass is 188 g/mol. The highest BCUT2D eigenvalue weighted by Crippen LogP contribution is 2.03. The molecule has 0 saturated carbocycles. The molecule has 2 N–H and O–H groups in total. The van der Waals surface area contributed by atoms with Crippen LogP contribution in [0.1, 0.15) is 20.3 Å². The Morgan fingerprint density at radius 2 is 2.17 bits per heavy atom. The highest BCUT2D eigenvalue weighted by atomic mass is 32.1. The second-order valence-electron chi connectivity index (χ2n) is 2.40. The summed E-state index contributed by atoms with van der Waals surface area (Å²) in [5, 5.41) is 17.4. The quantitative estimate of drug-likeness (QED) is 0.524. The molecule has 4 heteroatoms. The zero-order valence-corrected chi connectivity index (χ0v) is 8.14. The Morgan fingerprint density at radius 3 is 2.50 bits per heavy atom. The summed E-state index contributed by atoms with van der Waals surface area (Å²) in [6.07, 6.45) is 1.57. The Balaban J connectivity index is 4.04. The van der Waals surface area contributed by atoms with Crippen molar-refractivity contribution in [2.45, 2.75) is 20.3 Å². The lowest BCUT2D eigenvalue weighted by molar-refractivity contribution is 0.339. The first kappa shape index (κ1) is 11.2. The molecule has 0 spiro atoms. The number of hydrogen-bond donors (Lipinski definition) is 2. The topological polar surface area (TPSA) is 43.7 Å². The normalized spacial score (nSPS) is 11.3. The van der Waals surface area contributed by atoms with E-state index < -0.39 is 0 Å². The summed E-state index contributed by atoms with van der Waals surface area (Å²) in [6.45, 7) is 5.93. The second kappa shape index (κ2) is 5.83. The van der Waals surface area contributed by atoms with E-state index in [0.717, 1.165) is 13.0 Å². The van der Waals surface area contributed by atoms with Gasteiger partial charge in [-0.1, -0.05) is 19.1 Å². The van der Waals surface area contributed by atoms with E-state index in [2.05, 4.69) is 0 Å². The van der Waals surface area contributed by atoms with E-state index in [4.69, 9.17) is 22.4 Å². The fourth-order valence-electron chi connectivity index (χ4n) is 0.747. The van der Waals surface area contributed by atoms with E-state index in [9.17, 15) is 0 Å². The second-order valence-corrected chi connectivity index (χ2v) is 2.99. The van der Waals surface area contributed by atoms with Crippen molar-refractivity contribution in [1.82, 2.24) is 4.90 Å². The van der Waals surface area contributed by atoms with Crippen molar-refractivity contribution in [3.05, 3.63) is 18.6 Å². The molecule has 0 aliphatic carbocycles. The van der Waals surface area contributed by atoms with Crippen LogP contribution in [-0.2, 0) is 0 Å². The molecule has 0 fully saturated rings. The molecule has 0 rings (SSSR count). The molecule has 0 atom stereocenters. The molecule has 0 bridgehead atoms. The van der Waals surface area contributed by atoms with Gasteiger partial charge in [0.25, 0.3) is 0 Å². The zero-order valence-electron chi connectivity index (χ0n) is 7.32. The van der Waals surface area contributed by atoms with Crippen LogP contribution in [0.3, 0.4) is 0 Å². The summed E-state index contributed by atoms with van der Waals surface area (Å²) in [4.78, 5) is 2.38. The first-order chi connectivity index (χ1) is 5.61. The van der Waals surface area contributed by atoms with Gasteiger partial charge >= 0.3 is 0 Å². The molecular formula is C8H14NO2S. The Labute approximate surface area is 78.3 Å². The Kier molecular flexibility index (Phi) is 5.45. The fourth-order valence-corrected chi connectivity index (χ4v) is 0.891. The maximum atomic E-state index is 8.96. The molecule has 0 unspecified atom stereocenters. The predicted molar refractivity (Wildman–Crippen MR) is 52.9 cm³/mol. The summed E-state index contributed by atoms with van der Waals surface area (Å²) in [6, 6.07) is 0. The van der Waals surface area contributed by atoms with E-state index in [1.54, 1.807) is 11.8 Å². The molecule has 0 amide bonds. The van der Waals surface area contributed by atoms with Gasteiger partial charge in [-0.25, -0.2) is 0 Å². The van der Waals surface area contributed by atoms with Crippen LogP contribution in [0.5, 0.6) is 0 Å². The lowest BCUT2D eigenvalue weighted by atomic mass is 10.4. The van der Waals surface area contributed by atoms with E-state index in [1.165, 1.54) is 6.54 Å².